The lowest BCUT2D eigenvalue weighted by atomic mass is 9.94. The maximum Gasteiger partial charge on any atom is 0.255 e. The molecular formula is C24H26BrN5O3. The zero-order chi connectivity index (χ0) is 23.4. The number of fused-ring (bicyclic) bond motifs is 1. The predicted octanol–water partition coefficient (Wildman–Crippen LogP) is 5.16. The van der Waals surface area contributed by atoms with Crippen LogP contribution in [0.25, 0.3) is 0 Å². The van der Waals surface area contributed by atoms with Crippen LogP contribution in [0.1, 0.15) is 38.8 Å². The maximum atomic E-state index is 13.7. The van der Waals surface area contributed by atoms with Crippen molar-refractivity contribution in [1.29, 1.82) is 0 Å². The topological polar surface area (TPSA) is 90.3 Å². The number of carbonyl (C=O) groups is 1. The number of aromatic nitrogens is 3. The van der Waals surface area contributed by atoms with Gasteiger partial charge in [-0.2, -0.15) is 10.1 Å². The molecular weight excluding hydrogens is 486 g/mol. The average molecular weight is 512 g/mol. The fraction of sp³-hybridized carbons (Fsp3) is 0.292. The molecule has 3 aromatic rings. The van der Waals surface area contributed by atoms with Crippen LogP contribution in [0.2, 0.25) is 0 Å². The number of rotatable bonds is 8. The Hall–Kier alpha value is -3.33. The van der Waals surface area contributed by atoms with Crippen molar-refractivity contribution in [2.45, 2.75) is 33.2 Å². The van der Waals surface area contributed by atoms with Gasteiger partial charge in [-0.25, -0.2) is 4.68 Å². The van der Waals surface area contributed by atoms with E-state index in [0.29, 0.717) is 47.6 Å². The first-order chi connectivity index (χ1) is 16.0. The minimum Gasteiger partial charge on any atom is -0.493 e. The molecule has 0 saturated heterocycles. The van der Waals surface area contributed by atoms with E-state index < -0.39 is 6.04 Å². The minimum atomic E-state index is -0.535. The van der Waals surface area contributed by atoms with E-state index in [1.54, 1.807) is 4.68 Å². The summed E-state index contributed by atoms with van der Waals surface area (Å²) >= 11 is 3.56. The molecule has 1 amide bonds. The van der Waals surface area contributed by atoms with Crippen LogP contribution in [0, 0.1) is 0 Å². The number of amides is 1. The molecule has 0 saturated carbocycles. The monoisotopic (exact) mass is 511 g/mol. The highest BCUT2D eigenvalue weighted by molar-refractivity contribution is 9.10. The smallest absolute Gasteiger partial charge is 0.255 e. The summed E-state index contributed by atoms with van der Waals surface area (Å²) in [7, 11) is 0. The van der Waals surface area contributed by atoms with E-state index in [0.717, 1.165) is 16.5 Å². The third kappa shape index (κ3) is 4.73. The molecule has 2 N–H and O–H groups in total. The first kappa shape index (κ1) is 22.8. The molecule has 0 aliphatic carbocycles. The van der Waals surface area contributed by atoms with Crippen molar-refractivity contribution in [2.24, 2.45) is 0 Å². The van der Waals surface area contributed by atoms with Gasteiger partial charge in [0.15, 0.2) is 0 Å². The van der Waals surface area contributed by atoms with Crippen molar-refractivity contribution < 1.29 is 14.3 Å². The van der Waals surface area contributed by atoms with Crippen LogP contribution in [-0.4, -0.2) is 33.9 Å². The van der Waals surface area contributed by atoms with Crippen molar-refractivity contribution in [3.63, 3.8) is 0 Å². The van der Waals surface area contributed by atoms with E-state index in [-0.39, 0.29) is 5.91 Å². The summed E-state index contributed by atoms with van der Waals surface area (Å²) in [4.78, 5) is 18.0. The summed E-state index contributed by atoms with van der Waals surface area (Å²) in [5.41, 5.74) is 2.62. The molecule has 0 fully saturated rings. The molecule has 2 heterocycles. The van der Waals surface area contributed by atoms with Gasteiger partial charge in [-0.1, -0.05) is 35.0 Å². The highest BCUT2D eigenvalue weighted by Crippen LogP contribution is 2.40. The molecule has 1 aliphatic heterocycles. The number of benzene rings is 2. The molecule has 2 aromatic carbocycles. The molecule has 8 nitrogen and oxygen atoms in total. The number of hydrogen-bond donors (Lipinski definition) is 2. The summed E-state index contributed by atoms with van der Waals surface area (Å²) in [5.74, 6) is 1.61. The standard InChI is InChI=1S/C24H26BrN5O3/c1-4-12-33-19-11-10-16(25)13-17(19)22-21(15(3)28-24-26-14-27-30(22)24)23(31)29-18-8-6-7-9-20(18)32-5-2/h6-11,13-14,22H,4-5,12H2,1-3H3,(H,29,31)(H,26,27,28). The molecule has 33 heavy (non-hydrogen) atoms. The lowest BCUT2D eigenvalue weighted by molar-refractivity contribution is -0.113. The lowest BCUT2D eigenvalue weighted by Gasteiger charge is -2.30. The quantitative estimate of drug-likeness (QED) is 0.434. The van der Waals surface area contributed by atoms with Crippen molar-refractivity contribution in [2.75, 3.05) is 23.8 Å². The number of ether oxygens (including phenoxy) is 2. The number of para-hydroxylation sites is 2. The van der Waals surface area contributed by atoms with Gasteiger partial charge in [0.05, 0.1) is 24.5 Å². The summed E-state index contributed by atoms with van der Waals surface area (Å²) in [5, 5.41) is 10.6. The Morgan fingerprint density at radius 3 is 2.79 bits per heavy atom. The van der Waals surface area contributed by atoms with Gasteiger partial charge in [0.1, 0.15) is 23.9 Å². The van der Waals surface area contributed by atoms with Crippen LogP contribution in [0.15, 0.2) is 64.5 Å². The van der Waals surface area contributed by atoms with Crippen molar-refractivity contribution in [3.05, 3.63) is 70.1 Å². The molecule has 9 heteroatoms. The van der Waals surface area contributed by atoms with Crippen molar-refractivity contribution >= 4 is 33.5 Å². The van der Waals surface area contributed by atoms with E-state index in [9.17, 15) is 4.79 Å². The van der Waals surface area contributed by atoms with Crippen LogP contribution < -0.4 is 20.1 Å². The Kier molecular flexibility index (Phi) is 6.98. The van der Waals surface area contributed by atoms with E-state index in [1.807, 2.05) is 56.3 Å². The Morgan fingerprint density at radius 1 is 1.18 bits per heavy atom. The van der Waals surface area contributed by atoms with E-state index in [1.165, 1.54) is 6.33 Å². The molecule has 1 unspecified atom stereocenters. The number of nitrogens with one attached hydrogen (secondary N) is 2. The number of allylic oxidation sites excluding steroid dienone is 1. The predicted molar refractivity (Wildman–Crippen MR) is 131 cm³/mol. The molecule has 1 aromatic heterocycles. The highest BCUT2D eigenvalue weighted by atomic mass is 79.9. The Bertz CT molecular complexity index is 1190. The first-order valence-corrected chi connectivity index (χ1v) is 11.7. The van der Waals surface area contributed by atoms with Gasteiger partial charge in [0.2, 0.25) is 5.95 Å². The summed E-state index contributed by atoms with van der Waals surface area (Å²) < 4.78 is 14.3. The van der Waals surface area contributed by atoms with E-state index in [2.05, 4.69) is 43.6 Å². The maximum absolute atomic E-state index is 13.7. The Morgan fingerprint density at radius 2 is 2.00 bits per heavy atom. The molecule has 0 bridgehead atoms. The fourth-order valence-electron chi connectivity index (χ4n) is 3.79. The zero-order valence-electron chi connectivity index (χ0n) is 18.8. The van der Waals surface area contributed by atoms with Gasteiger partial charge in [0.25, 0.3) is 5.91 Å². The second-order valence-electron chi connectivity index (χ2n) is 7.51. The summed E-state index contributed by atoms with van der Waals surface area (Å²) in [6.07, 6.45) is 2.34. The molecule has 4 rings (SSSR count). The number of carbonyl (C=O) groups excluding carboxylic acids is 1. The average Bonchev–Trinajstić information content (AvgIpc) is 3.26. The lowest BCUT2D eigenvalue weighted by Crippen LogP contribution is -2.32. The fourth-order valence-corrected chi connectivity index (χ4v) is 4.17. The molecule has 1 aliphatic rings. The normalized spacial score (nSPS) is 15.0. The zero-order valence-corrected chi connectivity index (χ0v) is 20.3. The number of nitrogens with zero attached hydrogens (tertiary/aromatic N) is 3. The van der Waals surface area contributed by atoms with Gasteiger partial charge < -0.3 is 20.1 Å². The van der Waals surface area contributed by atoms with Gasteiger partial charge >= 0.3 is 0 Å². The van der Waals surface area contributed by atoms with E-state index >= 15 is 0 Å². The minimum absolute atomic E-state index is 0.264. The van der Waals surface area contributed by atoms with Gasteiger partial charge in [-0.3, -0.25) is 4.79 Å². The van der Waals surface area contributed by atoms with E-state index in [4.69, 9.17) is 9.47 Å². The second-order valence-corrected chi connectivity index (χ2v) is 8.42. The third-order valence-electron chi connectivity index (χ3n) is 5.20. The second kappa shape index (κ2) is 10.1. The van der Waals surface area contributed by atoms with Gasteiger partial charge in [-0.15, -0.1) is 0 Å². The molecule has 1 atom stereocenters. The Labute approximate surface area is 201 Å². The molecule has 0 spiro atoms. The molecule has 0 radical (unpaired) electrons. The largest absolute Gasteiger partial charge is 0.493 e. The molecule has 172 valence electrons. The summed E-state index contributed by atoms with van der Waals surface area (Å²) in [6, 6.07) is 12.6. The van der Waals surface area contributed by atoms with Crippen molar-refractivity contribution in [1.82, 2.24) is 14.8 Å². The third-order valence-corrected chi connectivity index (χ3v) is 5.70. The van der Waals surface area contributed by atoms with Crippen molar-refractivity contribution in [3.8, 4) is 11.5 Å². The highest BCUT2D eigenvalue weighted by Gasteiger charge is 2.35. The summed E-state index contributed by atoms with van der Waals surface area (Å²) in [6.45, 7) is 6.88. The Balaban J connectivity index is 1.79. The van der Waals surface area contributed by atoms with Crippen LogP contribution in [0.5, 0.6) is 11.5 Å². The van der Waals surface area contributed by atoms with Crippen LogP contribution >= 0.6 is 15.9 Å². The van der Waals surface area contributed by atoms with Gasteiger partial charge in [0, 0.05) is 15.7 Å². The van der Waals surface area contributed by atoms with Crippen LogP contribution in [0.3, 0.4) is 0 Å². The SMILES string of the molecule is CCCOc1ccc(Br)cc1C1C(C(=O)Nc2ccccc2OCC)=C(C)Nc2ncnn21. The van der Waals surface area contributed by atoms with Gasteiger partial charge in [-0.05, 0) is 50.6 Å². The number of halogens is 1. The van der Waals surface area contributed by atoms with Crippen LogP contribution in [0.4, 0.5) is 11.6 Å². The first-order valence-electron chi connectivity index (χ1n) is 10.9. The number of hydrogen-bond acceptors (Lipinski definition) is 6. The number of anilines is 2. The van der Waals surface area contributed by atoms with Crippen LogP contribution in [-0.2, 0) is 4.79 Å².